The summed E-state index contributed by atoms with van der Waals surface area (Å²) < 4.78 is 0. The van der Waals surface area contributed by atoms with Gasteiger partial charge < -0.3 is 20.6 Å². The van der Waals surface area contributed by atoms with Gasteiger partial charge in [-0.2, -0.15) is 0 Å². The Hall–Kier alpha value is -1.17. The SMILES string of the molecule is CCCCCCCCCCC/C=C\C/C=C\CCCCCCCC(O)CC(=O)NC(CO)C(O)CCCCCCCCCCCCC. The molecule has 0 aliphatic rings. The number of carbonyl (C=O) groups excluding carboxylic acids is 1. The monoisotopic (exact) mass is 664 g/mol. The van der Waals surface area contributed by atoms with E-state index in [-0.39, 0.29) is 18.9 Å². The molecule has 5 heteroatoms. The predicted molar refractivity (Wildman–Crippen MR) is 204 cm³/mol. The normalized spacial score (nSPS) is 13.9. The van der Waals surface area contributed by atoms with Crippen LogP contribution in [-0.4, -0.2) is 46.1 Å². The Morgan fingerprint density at radius 1 is 0.532 bits per heavy atom. The molecule has 0 aliphatic carbocycles. The van der Waals surface area contributed by atoms with Gasteiger partial charge in [-0.1, -0.05) is 186 Å². The molecule has 0 fully saturated rings. The smallest absolute Gasteiger partial charge is 0.222 e. The Morgan fingerprint density at radius 2 is 0.915 bits per heavy atom. The lowest BCUT2D eigenvalue weighted by atomic mass is 10.0. The van der Waals surface area contributed by atoms with Crippen LogP contribution < -0.4 is 5.32 Å². The van der Waals surface area contributed by atoms with Gasteiger partial charge >= 0.3 is 0 Å². The van der Waals surface area contributed by atoms with Crippen LogP contribution in [0.15, 0.2) is 24.3 Å². The van der Waals surface area contributed by atoms with Crippen molar-refractivity contribution in [2.45, 2.75) is 231 Å². The van der Waals surface area contributed by atoms with Crippen molar-refractivity contribution < 1.29 is 20.1 Å². The highest BCUT2D eigenvalue weighted by Gasteiger charge is 2.21. The molecule has 1 amide bonds. The fourth-order valence-corrected chi connectivity index (χ4v) is 6.32. The summed E-state index contributed by atoms with van der Waals surface area (Å²) in [4.78, 5) is 12.4. The number of hydrogen-bond acceptors (Lipinski definition) is 4. The molecule has 0 heterocycles. The van der Waals surface area contributed by atoms with Gasteiger partial charge in [0.15, 0.2) is 0 Å². The van der Waals surface area contributed by atoms with Gasteiger partial charge in [0.05, 0.1) is 31.3 Å². The van der Waals surface area contributed by atoms with Crippen LogP contribution in [0.3, 0.4) is 0 Å². The van der Waals surface area contributed by atoms with Crippen molar-refractivity contribution in [1.82, 2.24) is 5.32 Å². The molecule has 0 rings (SSSR count). The van der Waals surface area contributed by atoms with E-state index in [0.717, 1.165) is 44.9 Å². The maximum absolute atomic E-state index is 12.4. The van der Waals surface area contributed by atoms with Crippen molar-refractivity contribution in [3.8, 4) is 0 Å². The molecule has 0 aromatic carbocycles. The van der Waals surface area contributed by atoms with E-state index in [1.54, 1.807) is 0 Å². The third-order valence-electron chi connectivity index (χ3n) is 9.52. The van der Waals surface area contributed by atoms with Gasteiger partial charge in [0, 0.05) is 0 Å². The average molecular weight is 664 g/mol. The van der Waals surface area contributed by atoms with Crippen LogP contribution in [0.4, 0.5) is 0 Å². The molecule has 0 bridgehead atoms. The molecular weight excluding hydrogens is 582 g/mol. The van der Waals surface area contributed by atoms with Gasteiger partial charge in [0.2, 0.25) is 5.91 Å². The van der Waals surface area contributed by atoms with Crippen molar-refractivity contribution in [3.63, 3.8) is 0 Å². The summed E-state index contributed by atoms with van der Waals surface area (Å²) in [6.45, 7) is 4.24. The van der Waals surface area contributed by atoms with Crippen LogP contribution in [-0.2, 0) is 4.79 Å². The molecule has 47 heavy (non-hydrogen) atoms. The van der Waals surface area contributed by atoms with Gasteiger partial charge in [-0.15, -0.1) is 0 Å². The minimum absolute atomic E-state index is 0.0279. The molecule has 0 saturated carbocycles. The summed E-state index contributed by atoms with van der Waals surface area (Å²) in [5.74, 6) is -0.292. The third-order valence-corrected chi connectivity index (χ3v) is 9.52. The number of amides is 1. The maximum Gasteiger partial charge on any atom is 0.222 e. The topological polar surface area (TPSA) is 89.8 Å². The van der Waals surface area contributed by atoms with Crippen LogP contribution in [0.25, 0.3) is 0 Å². The lowest BCUT2D eigenvalue weighted by molar-refractivity contribution is -0.125. The summed E-state index contributed by atoms with van der Waals surface area (Å²) >= 11 is 0. The number of carbonyl (C=O) groups is 1. The highest BCUT2D eigenvalue weighted by atomic mass is 16.3. The molecule has 278 valence electrons. The Labute approximate surface area is 292 Å². The first-order valence-electron chi connectivity index (χ1n) is 20.6. The molecule has 3 atom stereocenters. The van der Waals surface area contributed by atoms with Gasteiger partial charge in [-0.25, -0.2) is 0 Å². The summed E-state index contributed by atoms with van der Waals surface area (Å²) in [6.07, 6.45) is 44.2. The molecule has 0 spiro atoms. The summed E-state index contributed by atoms with van der Waals surface area (Å²) in [5, 5.41) is 33.2. The molecular formula is C42H81NO4. The molecule has 4 N–H and O–H groups in total. The second-order valence-electron chi connectivity index (χ2n) is 14.2. The number of aliphatic hydroxyl groups is 3. The summed E-state index contributed by atoms with van der Waals surface area (Å²) in [7, 11) is 0. The Kier molecular flexibility index (Phi) is 36.7. The lowest BCUT2D eigenvalue weighted by Gasteiger charge is -2.23. The average Bonchev–Trinajstić information content (AvgIpc) is 3.06. The molecule has 3 unspecified atom stereocenters. The number of hydrogen-bond donors (Lipinski definition) is 4. The van der Waals surface area contributed by atoms with E-state index in [9.17, 15) is 20.1 Å². The van der Waals surface area contributed by atoms with Crippen LogP contribution in [0.5, 0.6) is 0 Å². The van der Waals surface area contributed by atoms with Crippen molar-refractivity contribution in [2.24, 2.45) is 0 Å². The Bertz CT molecular complexity index is 694. The second-order valence-corrected chi connectivity index (χ2v) is 14.2. The van der Waals surface area contributed by atoms with Crippen molar-refractivity contribution in [2.75, 3.05) is 6.61 Å². The fraction of sp³-hybridized carbons (Fsp3) is 0.881. The molecule has 0 saturated heterocycles. The zero-order valence-electron chi connectivity index (χ0n) is 31.4. The zero-order chi connectivity index (χ0) is 34.5. The van der Waals surface area contributed by atoms with Crippen LogP contribution in [0, 0.1) is 0 Å². The van der Waals surface area contributed by atoms with E-state index in [1.165, 1.54) is 135 Å². The first-order valence-corrected chi connectivity index (χ1v) is 20.6. The van der Waals surface area contributed by atoms with E-state index in [1.807, 2.05) is 0 Å². The molecule has 0 aromatic heterocycles. The van der Waals surface area contributed by atoms with Crippen LogP contribution in [0.1, 0.15) is 213 Å². The zero-order valence-corrected chi connectivity index (χ0v) is 31.4. The van der Waals surface area contributed by atoms with Gasteiger partial charge in [-0.3, -0.25) is 4.79 Å². The van der Waals surface area contributed by atoms with Crippen molar-refractivity contribution in [3.05, 3.63) is 24.3 Å². The highest BCUT2D eigenvalue weighted by Crippen LogP contribution is 2.15. The number of rotatable bonds is 37. The lowest BCUT2D eigenvalue weighted by Crippen LogP contribution is -2.46. The number of aliphatic hydroxyl groups excluding tert-OH is 3. The van der Waals surface area contributed by atoms with Crippen LogP contribution >= 0.6 is 0 Å². The quantitative estimate of drug-likeness (QED) is 0.0393. The predicted octanol–water partition coefficient (Wildman–Crippen LogP) is 11.4. The number of unbranched alkanes of at least 4 members (excludes halogenated alkanes) is 24. The van der Waals surface area contributed by atoms with Crippen molar-refractivity contribution >= 4 is 5.91 Å². The van der Waals surface area contributed by atoms with E-state index in [0.29, 0.717) is 12.8 Å². The van der Waals surface area contributed by atoms with Gasteiger partial charge in [0.25, 0.3) is 0 Å². The Morgan fingerprint density at radius 3 is 1.34 bits per heavy atom. The third kappa shape index (κ3) is 34.5. The molecule has 0 aromatic rings. The van der Waals surface area contributed by atoms with E-state index in [2.05, 4.69) is 43.5 Å². The highest BCUT2D eigenvalue weighted by molar-refractivity contribution is 5.76. The Balaban J connectivity index is 3.65. The first kappa shape index (κ1) is 45.8. The minimum atomic E-state index is -0.750. The van der Waals surface area contributed by atoms with E-state index < -0.39 is 18.2 Å². The number of nitrogens with one attached hydrogen (secondary N) is 1. The maximum atomic E-state index is 12.4. The van der Waals surface area contributed by atoms with Crippen LogP contribution in [0.2, 0.25) is 0 Å². The fourth-order valence-electron chi connectivity index (χ4n) is 6.32. The van der Waals surface area contributed by atoms with E-state index >= 15 is 0 Å². The van der Waals surface area contributed by atoms with Gasteiger partial charge in [-0.05, 0) is 44.9 Å². The summed E-state index contributed by atoms with van der Waals surface area (Å²) in [5.41, 5.74) is 0. The first-order chi connectivity index (χ1) is 23.0. The number of allylic oxidation sites excluding steroid dienone is 4. The second kappa shape index (κ2) is 37.6. The standard InChI is InChI=1S/C42H81NO4/c1-3-5-7-9-11-13-15-16-17-18-19-20-21-22-23-24-26-27-29-31-33-35-39(45)37-42(47)43-40(38-44)41(46)36-34-32-30-28-25-14-12-10-8-6-4-2/h19-20,22-23,39-41,44-46H,3-18,21,24-38H2,1-2H3,(H,43,47)/b20-19-,23-22-. The molecule has 0 radical (unpaired) electrons. The minimum Gasteiger partial charge on any atom is -0.394 e. The summed E-state index contributed by atoms with van der Waals surface area (Å²) in [6, 6.07) is -0.660. The molecule has 5 nitrogen and oxygen atoms in total. The largest absolute Gasteiger partial charge is 0.394 e. The molecule has 0 aliphatic heterocycles. The van der Waals surface area contributed by atoms with Crippen molar-refractivity contribution in [1.29, 1.82) is 0 Å². The van der Waals surface area contributed by atoms with Gasteiger partial charge in [0.1, 0.15) is 0 Å². The van der Waals surface area contributed by atoms with E-state index in [4.69, 9.17) is 0 Å².